The highest BCUT2D eigenvalue weighted by molar-refractivity contribution is 7.14. The summed E-state index contributed by atoms with van der Waals surface area (Å²) in [7, 11) is 0. The number of nitrogens with one attached hydrogen (secondary N) is 2. The summed E-state index contributed by atoms with van der Waals surface area (Å²) < 4.78 is 0. The van der Waals surface area contributed by atoms with E-state index in [1.54, 1.807) is 24.3 Å². The Morgan fingerprint density at radius 1 is 0.958 bits per heavy atom. The van der Waals surface area contributed by atoms with Crippen molar-refractivity contribution < 1.29 is 9.59 Å². The number of rotatable bonds is 4. The van der Waals surface area contributed by atoms with Crippen molar-refractivity contribution in [3.63, 3.8) is 0 Å². The van der Waals surface area contributed by atoms with Crippen molar-refractivity contribution in [2.75, 3.05) is 10.6 Å². The van der Waals surface area contributed by atoms with Crippen LogP contribution in [0, 0.1) is 0 Å². The molecule has 2 aromatic carbocycles. The summed E-state index contributed by atoms with van der Waals surface area (Å²) in [5.74, 6) is -0.387. The van der Waals surface area contributed by atoms with Gasteiger partial charge in [0.15, 0.2) is 5.13 Å². The number of thiazole rings is 1. The monoisotopic (exact) mass is 337 g/mol. The minimum atomic E-state index is -0.238. The number of nitrogens with zero attached hydrogens (tertiary/aromatic N) is 1. The van der Waals surface area contributed by atoms with Crippen molar-refractivity contribution in [3.05, 3.63) is 65.5 Å². The fraction of sp³-hybridized carbons (Fsp3) is 0.0556. The van der Waals surface area contributed by atoms with E-state index in [4.69, 9.17) is 0 Å². The first kappa shape index (κ1) is 15.9. The minimum absolute atomic E-state index is 0.150. The summed E-state index contributed by atoms with van der Waals surface area (Å²) >= 11 is 1.38. The van der Waals surface area contributed by atoms with Crippen LogP contribution in [-0.2, 0) is 4.79 Å². The largest absolute Gasteiger partial charge is 0.326 e. The van der Waals surface area contributed by atoms with Gasteiger partial charge in [-0.05, 0) is 24.3 Å². The molecule has 2 N–H and O–H groups in total. The topological polar surface area (TPSA) is 71.1 Å². The molecular formula is C18H15N3O2S. The van der Waals surface area contributed by atoms with E-state index in [0.717, 1.165) is 11.3 Å². The van der Waals surface area contributed by atoms with E-state index < -0.39 is 0 Å². The molecule has 0 unspecified atom stereocenters. The number of hydrogen-bond acceptors (Lipinski definition) is 4. The van der Waals surface area contributed by atoms with E-state index >= 15 is 0 Å². The zero-order valence-electron chi connectivity index (χ0n) is 12.9. The Bertz CT molecular complexity index is 857. The molecule has 0 aliphatic carbocycles. The lowest BCUT2D eigenvalue weighted by Gasteiger charge is -2.04. The maximum absolute atomic E-state index is 12.3. The molecular weight excluding hydrogens is 322 g/mol. The average molecular weight is 337 g/mol. The van der Waals surface area contributed by atoms with E-state index in [1.165, 1.54) is 18.3 Å². The first-order valence-electron chi connectivity index (χ1n) is 7.32. The Balaban J connectivity index is 1.69. The Morgan fingerprint density at radius 2 is 1.67 bits per heavy atom. The fourth-order valence-corrected chi connectivity index (χ4v) is 2.86. The van der Waals surface area contributed by atoms with Crippen LogP contribution in [-0.4, -0.2) is 16.8 Å². The highest BCUT2D eigenvalue weighted by atomic mass is 32.1. The highest BCUT2D eigenvalue weighted by Gasteiger charge is 2.10. The van der Waals surface area contributed by atoms with Gasteiger partial charge in [-0.3, -0.25) is 14.9 Å². The van der Waals surface area contributed by atoms with E-state index in [0.29, 0.717) is 16.4 Å². The van der Waals surface area contributed by atoms with Crippen molar-refractivity contribution in [3.8, 4) is 11.3 Å². The molecule has 6 heteroatoms. The number of aromatic nitrogens is 1. The molecule has 1 heterocycles. The van der Waals surface area contributed by atoms with Crippen molar-refractivity contribution >= 4 is 34.0 Å². The predicted molar refractivity (Wildman–Crippen MR) is 96.2 cm³/mol. The van der Waals surface area contributed by atoms with E-state index in [2.05, 4.69) is 15.6 Å². The zero-order chi connectivity index (χ0) is 16.9. The van der Waals surface area contributed by atoms with Gasteiger partial charge in [0.25, 0.3) is 5.91 Å². The van der Waals surface area contributed by atoms with Crippen molar-refractivity contribution in [1.29, 1.82) is 0 Å². The molecule has 1 aromatic heterocycles. The van der Waals surface area contributed by atoms with Gasteiger partial charge in [-0.1, -0.05) is 30.3 Å². The number of carbonyl (C=O) groups is 2. The SMILES string of the molecule is CC(=O)Nc1ccc(C(=O)Nc2nc(-c3ccccc3)cs2)cc1. The molecule has 5 nitrogen and oxygen atoms in total. The third kappa shape index (κ3) is 3.85. The molecule has 0 fully saturated rings. The zero-order valence-corrected chi connectivity index (χ0v) is 13.8. The minimum Gasteiger partial charge on any atom is -0.326 e. The van der Waals surface area contributed by atoms with Crippen LogP contribution < -0.4 is 10.6 Å². The molecule has 0 bridgehead atoms. The van der Waals surface area contributed by atoms with Gasteiger partial charge in [-0.15, -0.1) is 11.3 Å². The predicted octanol–water partition coefficient (Wildman–Crippen LogP) is 4.02. The molecule has 3 rings (SSSR count). The summed E-state index contributed by atoms with van der Waals surface area (Å²) in [6, 6.07) is 16.5. The van der Waals surface area contributed by atoms with Gasteiger partial charge in [-0.2, -0.15) is 0 Å². The molecule has 2 amide bonds. The number of carbonyl (C=O) groups excluding carboxylic acids is 2. The van der Waals surface area contributed by atoms with Crippen LogP contribution in [0.1, 0.15) is 17.3 Å². The van der Waals surface area contributed by atoms with Crippen LogP contribution in [0.2, 0.25) is 0 Å². The normalized spacial score (nSPS) is 10.2. The second-order valence-corrected chi connectivity index (χ2v) is 5.97. The molecule has 0 saturated carbocycles. The van der Waals surface area contributed by atoms with Gasteiger partial charge in [0.2, 0.25) is 5.91 Å². The Morgan fingerprint density at radius 3 is 2.33 bits per heavy atom. The first-order valence-corrected chi connectivity index (χ1v) is 8.20. The number of benzene rings is 2. The van der Waals surface area contributed by atoms with Crippen LogP contribution in [0.25, 0.3) is 11.3 Å². The molecule has 0 aliphatic rings. The van der Waals surface area contributed by atoms with E-state index in [1.807, 2.05) is 35.7 Å². The second-order valence-electron chi connectivity index (χ2n) is 5.12. The number of anilines is 2. The number of amides is 2. The summed E-state index contributed by atoms with van der Waals surface area (Å²) in [5.41, 5.74) is 2.99. The van der Waals surface area contributed by atoms with Crippen LogP contribution >= 0.6 is 11.3 Å². The third-order valence-corrected chi connectivity index (χ3v) is 4.02. The quantitative estimate of drug-likeness (QED) is 0.755. The van der Waals surface area contributed by atoms with Gasteiger partial charge in [0.05, 0.1) is 5.69 Å². The molecule has 3 aromatic rings. The lowest BCUT2D eigenvalue weighted by Crippen LogP contribution is -2.12. The van der Waals surface area contributed by atoms with Crippen molar-refractivity contribution in [1.82, 2.24) is 4.98 Å². The van der Waals surface area contributed by atoms with Gasteiger partial charge in [-0.25, -0.2) is 4.98 Å². The third-order valence-electron chi connectivity index (χ3n) is 3.26. The van der Waals surface area contributed by atoms with Crippen molar-refractivity contribution in [2.45, 2.75) is 6.92 Å². The Labute approximate surface area is 143 Å². The maximum Gasteiger partial charge on any atom is 0.257 e. The summed E-state index contributed by atoms with van der Waals surface area (Å²) in [5, 5.41) is 7.90. The molecule has 0 atom stereocenters. The fourth-order valence-electron chi connectivity index (χ4n) is 2.15. The molecule has 24 heavy (non-hydrogen) atoms. The lowest BCUT2D eigenvalue weighted by atomic mass is 10.2. The highest BCUT2D eigenvalue weighted by Crippen LogP contribution is 2.25. The van der Waals surface area contributed by atoms with Crippen LogP contribution in [0.3, 0.4) is 0 Å². The Hall–Kier alpha value is -2.99. The van der Waals surface area contributed by atoms with Crippen LogP contribution in [0.4, 0.5) is 10.8 Å². The van der Waals surface area contributed by atoms with E-state index in [-0.39, 0.29) is 11.8 Å². The lowest BCUT2D eigenvalue weighted by molar-refractivity contribution is -0.114. The first-order chi connectivity index (χ1) is 11.6. The maximum atomic E-state index is 12.3. The van der Waals surface area contributed by atoms with Crippen molar-refractivity contribution in [2.24, 2.45) is 0 Å². The van der Waals surface area contributed by atoms with Gasteiger partial charge in [0, 0.05) is 29.1 Å². The molecule has 0 radical (unpaired) electrons. The van der Waals surface area contributed by atoms with Gasteiger partial charge in [0.1, 0.15) is 0 Å². The van der Waals surface area contributed by atoms with Gasteiger partial charge < -0.3 is 5.32 Å². The molecule has 0 aliphatic heterocycles. The van der Waals surface area contributed by atoms with Crippen LogP contribution in [0.15, 0.2) is 60.0 Å². The average Bonchev–Trinajstić information content (AvgIpc) is 3.04. The smallest absolute Gasteiger partial charge is 0.257 e. The molecule has 0 spiro atoms. The summed E-state index contributed by atoms with van der Waals surface area (Å²) in [4.78, 5) is 27.7. The van der Waals surface area contributed by atoms with Crippen LogP contribution in [0.5, 0.6) is 0 Å². The standard InChI is InChI=1S/C18H15N3O2S/c1-12(22)19-15-9-7-14(8-10-15)17(23)21-18-20-16(11-24-18)13-5-3-2-4-6-13/h2-11H,1H3,(H,19,22)(H,20,21,23). The second kappa shape index (κ2) is 7.06. The van der Waals surface area contributed by atoms with E-state index in [9.17, 15) is 9.59 Å². The van der Waals surface area contributed by atoms with Gasteiger partial charge >= 0.3 is 0 Å². The Kier molecular flexibility index (Phi) is 4.67. The molecule has 120 valence electrons. The number of hydrogen-bond donors (Lipinski definition) is 2. The summed E-state index contributed by atoms with van der Waals surface area (Å²) in [6.45, 7) is 1.44. The molecule has 0 saturated heterocycles. The summed E-state index contributed by atoms with van der Waals surface area (Å²) in [6.07, 6.45) is 0.